The van der Waals surface area contributed by atoms with Crippen molar-refractivity contribution in [3.63, 3.8) is 0 Å². The van der Waals surface area contributed by atoms with Crippen molar-refractivity contribution in [2.75, 3.05) is 13.7 Å². The number of likely N-dealkylation sites (N-methyl/N-ethyl adjacent to an activating group) is 1. The summed E-state index contributed by atoms with van der Waals surface area (Å²) in [5, 5.41) is 39.4. The third kappa shape index (κ3) is 1.89. The summed E-state index contributed by atoms with van der Waals surface area (Å²) in [5.74, 6) is -0.890. The molecule has 1 atom stereocenters. The molecule has 0 unspecified atom stereocenters. The second-order valence-corrected chi connectivity index (χ2v) is 2.92. The van der Waals surface area contributed by atoms with Crippen LogP contribution in [0.1, 0.15) is 11.6 Å². The van der Waals surface area contributed by atoms with Crippen molar-refractivity contribution in [2.45, 2.75) is 6.04 Å². The lowest BCUT2D eigenvalue weighted by molar-refractivity contribution is 0.247. The van der Waals surface area contributed by atoms with Crippen molar-refractivity contribution in [3.8, 4) is 17.2 Å². The minimum atomic E-state index is -0.471. The SMILES string of the molecule is CN[C@H](CO)c1cc(O)c(O)cc1O. The van der Waals surface area contributed by atoms with Crippen LogP contribution < -0.4 is 5.32 Å². The Morgan fingerprint density at radius 2 is 1.71 bits per heavy atom. The molecule has 0 spiro atoms. The van der Waals surface area contributed by atoms with E-state index in [0.717, 1.165) is 6.07 Å². The smallest absolute Gasteiger partial charge is 0.161 e. The highest BCUT2D eigenvalue weighted by Gasteiger charge is 2.15. The van der Waals surface area contributed by atoms with Gasteiger partial charge in [-0.1, -0.05) is 0 Å². The van der Waals surface area contributed by atoms with E-state index in [4.69, 9.17) is 10.2 Å². The van der Waals surface area contributed by atoms with Gasteiger partial charge in [-0.2, -0.15) is 0 Å². The summed E-state index contributed by atoms with van der Waals surface area (Å²) in [4.78, 5) is 0. The average Bonchev–Trinajstić information content (AvgIpc) is 2.15. The first-order valence-corrected chi connectivity index (χ1v) is 4.13. The molecule has 5 heteroatoms. The number of phenols is 3. The molecule has 0 saturated carbocycles. The van der Waals surface area contributed by atoms with Gasteiger partial charge in [-0.3, -0.25) is 0 Å². The molecule has 0 aliphatic rings. The van der Waals surface area contributed by atoms with E-state index in [9.17, 15) is 10.2 Å². The number of aliphatic hydroxyl groups excluding tert-OH is 1. The number of phenolic OH excluding ortho intramolecular Hbond substituents is 3. The number of aliphatic hydroxyl groups is 1. The molecule has 0 aliphatic carbocycles. The Morgan fingerprint density at radius 3 is 2.21 bits per heavy atom. The summed E-state index contributed by atoms with van der Waals surface area (Å²) in [7, 11) is 1.62. The molecule has 14 heavy (non-hydrogen) atoms. The molecule has 5 nitrogen and oxygen atoms in total. The van der Waals surface area contributed by atoms with Gasteiger partial charge in [0.2, 0.25) is 0 Å². The number of aromatic hydroxyl groups is 3. The van der Waals surface area contributed by atoms with Crippen LogP contribution >= 0.6 is 0 Å². The van der Waals surface area contributed by atoms with Crippen LogP contribution in [-0.4, -0.2) is 34.1 Å². The molecular weight excluding hydrogens is 186 g/mol. The van der Waals surface area contributed by atoms with Crippen molar-refractivity contribution < 1.29 is 20.4 Å². The maximum Gasteiger partial charge on any atom is 0.161 e. The molecule has 0 fully saturated rings. The summed E-state index contributed by atoms with van der Waals surface area (Å²) in [6, 6.07) is 1.77. The molecule has 0 amide bonds. The summed E-state index contributed by atoms with van der Waals surface area (Å²) >= 11 is 0. The van der Waals surface area contributed by atoms with E-state index in [1.807, 2.05) is 0 Å². The van der Waals surface area contributed by atoms with Gasteiger partial charge in [0.25, 0.3) is 0 Å². The van der Waals surface area contributed by atoms with Crippen LogP contribution in [0.25, 0.3) is 0 Å². The van der Waals surface area contributed by atoms with Gasteiger partial charge < -0.3 is 25.7 Å². The highest BCUT2D eigenvalue weighted by molar-refractivity contribution is 5.49. The molecule has 0 heterocycles. The number of rotatable bonds is 3. The Bertz CT molecular complexity index is 323. The quantitative estimate of drug-likeness (QED) is 0.350. The molecule has 1 aromatic carbocycles. The Morgan fingerprint density at radius 1 is 1.14 bits per heavy atom. The first kappa shape index (κ1) is 10.6. The van der Waals surface area contributed by atoms with Gasteiger partial charge in [0.1, 0.15) is 5.75 Å². The molecular formula is C9H13NO4. The second-order valence-electron chi connectivity index (χ2n) is 2.92. The minimum absolute atomic E-state index is 0.172. The van der Waals surface area contributed by atoms with E-state index < -0.39 is 6.04 Å². The minimum Gasteiger partial charge on any atom is -0.507 e. The highest BCUT2D eigenvalue weighted by Crippen LogP contribution is 2.34. The fourth-order valence-electron chi connectivity index (χ4n) is 1.21. The standard InChI is InChI=1S/C9H13NO4/c1-10-6(4-11)5-2-8(13)9(14)3-7(5)12/h2-3,6,10-14H,4H2,1H3/t6-/m1/s1. The van der Waals surface area contributed by atoms with Gasteiger partial charge in [-0.15, -0.1) is 0 Å². The molecule has 1 aromatic rings. The molecule has 0 bridgehead atoms. The number of hydrogen-bond acceptors (Lipinski definition) is 5. The second kappa shape index (κ2) is 4.17. The Labute approximate surface area is 81.3 Å². The largest absolute Gasteiger partial charge is 0.507 e. The lowest BCUT2D eigenvalue weighted by atomic mass is 10.1. The summed E-state index contributed by atoms with van der Waals surface area (Å²) in [6.07, 6.45) is 0. The number of nitrogens with one attached hydrogen (secondary N) is 1. The monoisotopic (exact) mass is 199 g/mol. The van der Waals surface area contributed by atoms with E-state index >= 15 is 0 Å². The molecule has 0 saturated heterocycles. The predicted octanol–water partition coefficient (Wildman–Crippen LogP) is 0.0562. The third-order valence-electron chi connectivity index (χ3n) is 2.03. The van der Waals surface area contributed by atoms with E-state index in [1.165, 1.54) is 6.07 Å². The van der Waals surface area contributed by atoms with Crippen molar-refractivity contribution >= 4 is 0 Å². The van der Waals surface area contributed by atoms with E-state index in [1.54, 1.807) is 7.05 Å². The molecule has 5 N–H and O–H groups in total. The Hall–Kier alpha value is -1.46. The van der Waals surface area contributed by atoms with Gasteiger partial charge in [0.15, 0.2) is 11.5 Å². The molecule has 0 aliphatic heterocycles. The van der Waals surface area contributed by atoms with E-state index in [-0.39, 0.29) is 23.9 Å². The summed E-state index contributed by atoms with van der Waals surface area (Å²) in [6.45, 7) is -0.214. The van der Waals surface area contributed by atoms with Gasteiger partial charge in [0.05, 0.1) is 12.6 Å². The summed E-state index contributed by atoms with van der Waals surface area (Å²) < 4.78 is 0. The zero-order chi connectivity index (χ0) is 10.7. The number of benzene rings is 1. The lowest BCUT2D eigenvalue weighted by Gasteiger charge is -2.15. The normalized spacial score (nSPS) is 12.7. The van der Waals surface area contributed by atoms with Crippen LogP contribution in [-0.2, 0) is 0 Å². The topological polar surface area (TPSA) is 93.0 Å². The van der Waals surface area contributed by atoms with Crippen LogP contribution in [0.2, 0.25) is 0 Å². The molecule has 0 radical (unpaired) electrons. The average molecular weight is 199 g/mol. The highest BCUT2D eigenvalue weighted by atomic mass is 16.3. The van der Waals surface area contributed by atoms with Crippen LogP contribution in [0.5, 0.6) is 17.2 Å². The maximum atomic E-state index is 9.43. The lowest BCUT2D eigenvalue weighted by Crippen LogP contribution is -2.19. The zero-order valence-corrected chi connectivity index (χ0v) is 7.73. The zero-order valence-electron chi connectivity index (χ0n) is 7.73. The molecule has 78 valence electrons. The Kier molecular flexibility index (Phi) is 3.16. The van der Waals surface area contributed by atoms with Gasteiger partial charge >= 0.3 is 0 Å². The van der Waals surface area contributed by atoms with Crippen molar-refractivity contribution in [1.29, 1.82) is 0 Å². The van der Waals surface area contributed by atoms with Crippen LogP contribution in [0, 0.1) is 0 Å². The first-order valence-electron chi connectivity index (χ1n) is 4.13. The Balaban J connectivity index is 3.14. The van der Waals surface area contributed by atoms with Gasteiger partial charge in [0, 0.05) is 11.6 Å². The van der Waals surface area contributed by atoms with Crippen LogP contribution in [0.3, 0.4) is 0 Å². The van der Waals surface area contributed by atoms with Crippen LogP contribution in [0.15, 0.2) is 12.1 Å². The van der Waals surface area contributed by atoms with E-state index in [2.05, 4.69) is 5.32 Å². The molecule has 1 rings (SSSR count). The molecule has 0 aromatic heterocycles. The van der Waals surface area contributed by atoms with Crippen molar-refractivity contribution in [1.82, 2.24) is 5.32 Å². The van der Waals surface area contributed by atoms with Gasteiger partial charge in [-0.05, 0) is 13.1 Å². The number of hydrogen-bond donors (Lipinski definition) is 5. The fourth-order valence-corrected chi connectivity index (χ4v) is 1.21. The van der Waals surface area contributed by atoms with E-state index in [0.29, 0.717) is 5.56 Å². The first-order chi connectivity index (χ1) is 6.60. The van der Waals surface area contributed by atoms with Gasteiger partial charge in [-0.25, -0.2) is 0 Å². The summed E-state index contributed by atoms with van der Waals surface area (Å²) in [5.41, 5.74) is 0.338. The maximum absolute atomic E-state index is 9.43. The van der Waals surface area contributed by atoms with Crippen molar-refractivity contribution in [2.24, 2.45) is 0 Å². The third-order valence-corrected chi connectivity index (χ3v) is 2.03. The van der Waals surface area contributed by atoms with Crippen LogP contribution in [0.4, 0.5) is 0 Å². The van der Waals surface area contributed by atoms with Crippen molar-refractivity contribution in [3.05, 3.63) is 17.7 Å². The fraction of sp³-hybridized carbons (Fsp3) is 0.333. The predicted molar refractivity (Wildman–Crippen MR) is 50.3 cm³/mol.